The van der Waals surface area contributed by atoms with Gasteiger partial charge >= 0.3 is 17.5 Å². The molecule has 9 nitrogen and oxygen atoms in total. The van der Waals surface area contributed by atoms with Crippen LogP contribution < -0.4 is 9.64 Å². The lowest BCUT2D eigenvalue weighted by molar-refractivity contribution is -0.385. The van der Waals surface area contributed by atoms with Crippen LogP contribution in [0.2, 0.25) is 0 Å². The Balaban J connectivity index is 2.10. The van der Waals surface area contributed by atoms with Crippen molar-refractivity contribution >= 4 is 23.2 Å². The minimum absolute atomic E-state index is 0.0225. The summed E-state index contributed by atoms with van der Waals surface area (Å²) in [4.78, 5) is 32.9. The largest absolute Gasteiger partial charge is 0.465 e. The minimum atomic E-state index is -0.607. The standard InChI is InChI=1S/C21H20N4O5/c1-13-9-14(2)11-15(10-13)30-20-18(25(27)28)19(22-12-23-20)24(3)17-8-6-5-7-16(17)21(26)29-4/h5-12H,1-4H3. The zero-order valence-electron chi connectivity index (χ0n) is 16.9. The summed E-state index contributed by atoms with van der Waals surface area (Å²) in [6, 6.07) is 12.1. The van der Waals surface area contributed by atoms with Gasteiger partial charge in [0.05, 0.1) is 23.3 Å². The Morgan fingerprint density at radius 1 is 1.10 bits per heavy atom. The number of para-hydroxylation sites is 1. The van der Waals surface area contributed by atoms with Crippen LogP contribution in [0.1, 0.15) is 21.5 Å². The second kappa shape index (κ2) is 8.56. The molecule has 0 saturated carbocycles. The number of nitro groups is 1. The first-order valence-corrected chi connectivity index (χ1v) is 8.98. The Morgan fingerprint density at radius 2 is 1.77 bits per heavy atom. The van der Waals surface area contributed by atoms with E-state index in [1.807, 2.05) is 19.9 Å². The van der Waals surface area contributed by atoms with Gasteiger partial charge in [0.2, 0.25) is 5.82 Å². The van der Waals surface area contributed by atoms with Crippen LogP contribution in [-0.2, 0) is 4.74 Å². The number of aromatic nitrogens is 2. The average molecular weight is 408 g/mol. The number of nitrogens with zero attached hydrogens (tertiary/aromatic N) is 4. The van der Waals surface area contributed by atoms with Crippen LogP contribution in [0, 0.1) is 24.0 Å². The van der Waals surface area contributed by atoms with Crippen molar-refractivity contribution in [3.05, 3.63) is 75.6 Å². The molecule has 2 aromatic carbocycles. The Morgan fingerprint density at radius 3 is 2.40 bits per heavy atom. The normalized spacial score (nSPS) is 10.4. The van der Waals surface area contributed by atoms with Gasteiger partial charge in [-0.3, -0.25) is 10.1 Å². The van der Waals surface area contributed by atoms with E-state index in [2.05, 4.69) is 9.97 Å². The third-order valence-corrected chi connectivity index (χ3v) is 4.35. The maximum atomic E-state index is 12.1. The molecule has 0 radical (unpaired) electrons. The summed E-state index contributed by atoms with van der Waals surface area (Å²) in [5.41, 5.74) is 2.12. The van der Waals surface area contributed by atoms with Gasteiger partial charge in [-0.1, -0.05) is 18.2 Å². The van der Waals surface area contributed by atoms with Crippen LogP contribution >= 0.6 is 0 Å². The van der Waals surface area contributed by atoms with Crippen molar-refractivity contribution < 1.29 is 19.2 Å². The van der Waals surface area contributed by atoms with E-state index in [1.165, 1.54) is 18.3 Å². The highest BCUT2D eigenvalue weighted by molar-refractivity contribution is 5.97. The molecule has 3 aromatic rings. The highest BCUT2D eigenvalue weighted by Gasteiger charge is 2.29. The predicted octanol–water partition coefficient (Wildman–Crippen LogP) is 4.35. The van der Waals surface area contributed by atoms with Crippen molar-refractivity contribution in [3.63, 3.8) is 0 Å². The van der Waals surface area contributed by atoms with E-state index in [0.29, 0.717) is 11.4 Å². The fraction of sp³-hybridized carbons (Fsp3) is 0.190. The van der Waals surface area contributed by atoms with Gasteiger partial charge in [0, 0.05) is 7.05 Å². The van der Waals surface area contributed by atoms with Gasteiger partial charge in [-0.2, -0.15) is 4.98 Å². The Hall–Kier alpha value is -4.01. The topological polar surface area (TPSA) is 108 Å². The number of esters is 1. The first kappa shape index (κ1) is 20.7. The van der Waals surface area contributed by atoms with Crippen LogP contribution in [0.4, 0.5) is 17.2 Å². The first-order chi connectivity index (χ1) is 14.3. The van der Waals surface area contributed by atoms with Gasteiger partial charge in [-0.15, -0.1) is 0 Å². The number of aryl methyl sites for hydroxylation is 2. The summed E-state index contributed by atoms with van der Waals surface area (Å²) >= 11 is 0. The zero-order chi connectivity index (χ0) is 21.8. The van der Waals surface area contributed by atoms with Gasteiger partial charge in [-0.05, 0) is 49.2 Å². The van der Waals surface area contributed by atoms with Crippen LogP contribution in [-0.4, -0.2) is 35.0 Å². The second-order valence-corrected chi connectivity index (χ2v) is 6.60. The van der Waals surface area contributed by atoms with Gasteiger partial charge in [0.25, 0.3) is 0 Å². The van der Waals surface area contributed by atoms with Gasteiger partial charge in [-0.25, -0.2) is 9.78 Å². The first-order valence-electron chi connectivity index (χ1n) is 8.98. The number of hydrogen-bond donors (Lipinski definition) is 0. The minimum Gasteiger partial charge on any atom is -0.465 e. The lowest BCUT2D eigenvalue weighted by Crippen LogP contribution is -2.18. The van der Waals surface area contributed by atoms with Crippen LogP contribution in [0.5, 0.6) is 11.6 Å². The molecule has 0 aliphatic carbocycles. The third-order valence-electron chi connectivity index (χ3n) is 4.35. The van der Waals surface area contributed by atoms with E-state index in [4.69, 9.17) is 9.47 Å². The molecule has 0 spiro atoms. The number of benzene rings is 2. The highest BCUT2D eigenvalue weighted by atomic mass is 16.6. The van der Waals surface area contributed by atoms with Crippen molar-refractivity contribution in [2.75, 3.05) is 19.1 Å². The zero-order valence-corrected chi connectivity index (χ0v) is 16.9. The van der Waals surface area contributed by atoms with E-state index < -0.39 is 16.6 Å². The van der Waals surface area contributed by atoms with Gasteiger partial charge in [0.1, 0.15) is 12.1 Å². The highest BCUT2D eigenvalue weighted by Crippen LogP contribution is 2.39. The fourth-order valence-corrected chi connectivity index (χ4v) is 3.10. The van der Waals surface area contributed by atoms with Crippen molar-refractivity contribution in [2.45, 2.75) is 13.8 Å². The van der Waals surface area contributed by atoms with E-state index >= 15 is 0 Å². The second-order valence-electron chi connectivity index (χ2n) is 6.60. The molecular weight excluding hydrogens is 388 g/mol. The summed E-state index contributed by atoms with van der Waals surface area (Å²) in [7, 11) is 2.83. The molecule has 1 aromatic heterocycles. The molecule has 0 fully saturated rings. The molecule has 9 heteroatoms. The molecule has 0 bridgehead atoms. The van der Waals surface area contributed by atoms with E-state index in [0.717, 1.165) is 11.1 Å². The van der Waals surface area contributed by atoms with Crippen molar-refractivity contribution in [1.82, 2.24) is 9.97 Å². The molecule has 0 N–H and O–H groups in total. The van der Waals surface area contributed by atoms with Gasteiger partial charge in [0.15, 0.2) is 0 Å². The maximum Gasteiger partial charge on any atom is 0.373 e. The van der Waals surface area contributed by atoms with Crippen molar-refractivity contribution in [1.29, 1.82) is 0 Å². The average Bonchev–Trinajstić information content (AvgIpc) is 2.71. The van der Waals surface area contributed by atoms with E-state index in [9.17, 15) is 14.9 Å². The number of rotatable bonds is 6. The SMILES string of the molecule is COC(=O)c1ccccc1N(C)c1ncnc(Oc2cc(C)cc(C)c2)c1[N+](=O)[O-]. The van der Waals surface area contributed by atoms with Crippen molar-refractivity contribution in [3.8, 4) is 11.6 Å². The summed E-state index contributed by atoms with van der Waals surface area (Å²) in [5, 5.41) is 11.9. The number of hydrogen-bond acceptors (Lipinski definition) is 8. The van der Waals surface area contributed by atoms with E-state index in [-0.39, 0.29) is 17.3 Å². The number of carbonyl (C=O) groups excluding carboxylic acids is 1. The van der Waals surface area contributed by atoms with E-state index in [1.54, 1.807) is 43.4 Å². The van der Waals surface area contributed by atoms with Crippen LogP contribution in [0.25, 0.3) is 0 Å². The number of ether oxygens (including phenoxy) is 2. The third kappa shape index (κ3) is 4.19. The molecule has 0 saturated heterocycles. The number of anilines is 2. The monoisotopic (exact) mass is 408 g/mol. The fourth-order valence-electron chi connectivity index (χ4n) is 3.10. The molecule has 30 heavy (non-hydrogen) atoms. The Bertz CT molecular complexity index is 1100. The molecule has 1 heterocycles. The molecule has 0 aliphatic heterocycles. The molecule has 0 amide bonds. The molecule has 3 rings (SSSR count). The summed E-state index contributed by atoms with van der Waals surface area (Å²) < 4.78 is 10.6. The lowest BCUT2D eigenvalue weighted by Gasteiger charge is -2.20. The van der Waals surface area contributed by atoms with Gasteiger partial charge < -0.3 is 14.4 Å². The summed E-state index contributed by atoms with van der Waals surface area (Å²) in [6.07, 6.45) is 1.18. The summed E-state index contributed by atoms with van der Waals surface area (Å²) in [5.74, 6) is -0.359. The lowest BCUT2D eigenvalue weighted by atomic mass is 10.1. The molecule has 0 atom stereocenters. The quantitative estimate of drug-likeness (QED) is 0.337. The predicted molar refractivity (Wildman–Crippen MR) is 111 cm³/mol. The molecule has 0 unspecified atom stereocenters. The number of carbonyl (C=O) groups is 1. The number of methoxy groups -OCH3 is 1. The Labute approximate surface area is 173 Å². The van der Waals surface area contributed by atoms with Crippen molar-refractivity contribution in [2.24, 2.45) is 0 Å². The molecular formula is C21H20N4O5. The summed E-state index contributed by atoms with van der Waals surface area (Å²) in [6.45, 7) is 3.80. The smallest absolute Gasteiger partial charge is 0.373 e. The molecule has 0 aliphatic rings. The van der Waals surface area contributed by atoms with Crippen LogP contribution in [0.3, 0.4) is 0 Å². The molecule has 154 valence electrons. The Kier molecular flexibility index (Phi) is 5.91. The maximum absolute atomic E-state index is 12.1. The van der Waals surface area contributed by atoms with Crippen LogP contribution in [0.15, 0.2) is 48.8 Å².